The first-order chi connectivity index (χ1) is 14.2. The molecule has 1 aliphatic heterocycles. The number of carbonyl (C=O) groups excluding carboxylic acids is 1. The molecule has 3 aromatic rings. The molecule has 0 spiro atoms. The minimum Gasteiger partial charge on any atom is -0.465 e. The van der Waals surface area contributed by atoms with Gasteiger partial charge in [-0.25, -0.2) is 9.67 Å². The largest absolute Gasteiger partial charge is 0.465 e. The van der Waals surface area contributed by atoms with Gasteiger partial charge in [-0.15, -0.1) is 0 Å². The monoisotopic (exact) mass is 395 g/mol. The van der Waals surface area contributed by atoms with Crippen LogP contribution in [0.4, 0.5) is 0 Å². The molecule has 3 heterocycles. The lowest BCUT2D eigenvalue weighted by Crippen LogP contribution is -2.43. The second-order valence-electron chi connectivity index (χ2n) is 7.11. The van der Waals surface area contributed by atoms with Crippen molar-refractivity contribution in [2.75, 3.05) is 32.8 Å². The zero-order valence-corrected chi connectivity index (χ0v) is 16.5. The number of amides is 1. The second kappa shape index (κ2) is 9.02. The van der Waals surface area contributed by atoms with Gasteiger partial charge in [-0.2, -0.15) is 5.10 Å². The third kappa shape index (κ3) is 4.90. The van der Waals surface area contributed by atoms with E-state index in [1.807, 2.05) is 43.3 Å². The van der Waals surface area contributed by atoms with Crippen LogP contribution >= 0.6 is 0 Å². The van der Waals surface area contributed by atoms with E-state index in [0.29, 0.717) is 31.9 Å². The van der Waals surface area contributed by atoms with Crippen LogP contribution < -0.4 is 5.32 Å². The SMILES string of the molecule is Cc1ccc(C(CNC(=O)c2ccc(Cn3cncn3)cc2)N2CCOCC2)o1. The summed E-state index contributed by atoms with van der Waals surface area (Å²) in [6, 6.07) is 11.5. The van der Waals surface area contributed by atoms with Crippen LogP contribution in [0.5, 0.6) is 0 Å². The zero-order chi connectivity index (χ0) is 20.1. The lowest BCUT2D eigenvalue weighted by molar-refractivity contribution is 0.0117. The number of hydrogen-bond donors (Lipinski definition) is 1. The van der Waals surface area contributed by atoms with Gasteiger partial charge in [0, 0.05) is 25.2 Å². The van der Waals surface area contributed by atoms with E-state index in [0.717, 1.165) is 30.2 Å². The number of nitrogens with one attached hydrogen (secondary N) is 1. The molecule has 1 aliphatic rings. The summed E-state index contributed by atoms with van der Waals surface area (Å²) < 4.78 is 13.1. The summed E-state index contributed by atoms with van der Waals surface area (Å²) in [5, 5.41) is 7.16. The van der Waals surface area contributed by atoms with E-state index in [2.05, 4.69) is 20.3 Å². The molecule has 1 saturated heterocycles. The van der Waals surface area contributed by atoms with Crippen LogP contribution in [0.3, 0.4) is 0 Å². The minimum absolute atomic E-state index is 0.0110. The van der Waals surface area contributed by atoms with Crippen molar-refractivity contribution in [2.24, 2.45) is 0 Å². The first kappa shape index (κ1) is 19.4. The summed E-state index contributed by atoms with van der Waals surface area (Å²) in [5.41, 5.74) is 1.69. The number of benzene rings is 1. The second-order valence-corrected chi connectivity index (χ2v) is 7.11. The normalized spacial score (nSPS) is 15.9. The Balaban J connectivity index is 1.39. The fraction of sp³-hybridized carbons (Fsp3) is 0.381. The molecule has 8 heteroatoms. The average Bonchev–Trinajstić information content (AvgIpc) is 3.41. The lowest BCUT2D eigenvalue weighted by Gasteiger charge is -2.33. The van der Waals surface area contributed by atoms with Gasteiger partial charge in [-0.3, -0.25) is 9.69 Å². The maximum atomic E-state index is 12.7. The van der Waals surface area contributed by atoms with Crippen molar-refractivity contribution in [2.45, 2.75) is 19.5 Å². The molecule has 1 aromatic carbocycles. The Kier molecular flexibility index (Phi) is 6.02. The van der Waals surface area contributed by atoms with Gasteiger partial charge >= 0.3 is 0 Å². The smallest absolute Gasteiger partial charge is 0.251 e. The summed E-state index contributed by atoms with van der Waals surface area (Å²) in [7, 11) is 0. The topological polar surface area (TPSA) is 85.4 Å². The lowest BCUT2D eigenvalue weighted by atomic mass is 10.1. The molecule has 152 valence electrons. The predicted octanol–water partition coefficient (Wildman–Crippen LogP) is 2.03. The van der Waals surface area contributed by atoms with Crippen LogP contribution in [-0.4, -0.2) is 58.4 Å². The third-order valence-corrected chi connectivity index (χ3v) is 5.06. The Morgan fingerprint density at radius 2 is 1.97 bits per heavy atom. The van der Waals surface area contributed by atoms with Crippen molar-refractivity contribution < 1.29 is 13.9 Å². The van der Waals surface area contributed by atoms with Crippen molar-refractivity contribution in [3.63, 3.8) is 0 Å². The van der Waals surface area contributed by atoms with E-state index in [4.69, 9.17) is 9.15 Å². The first-order valence-electron chi connectivity index (χ1n) is 9.77. The summed E-state index contributed by atoms with van der Waals surface area (Å²) >= 11 is 0. The molecule has 0 saturated carbocycles. The average molecular weight is 395 g/mol. The fourth-order valence-electron chi connectivity index (χ4n) is 3.49. The Hall–Kier alpha value is -2.97. The molecule has 8 nitrogen and oxygen atoms in total. The Morgan fingerprint density at radius 3 is 2.62 bits per heavy atom. The van der Waals surface area contributed by atoms with Crippen LogP contribution in [0.1, 0.15) is 33.5 Å². The van der Waals surface area contributed by atoms with E-state index in [1.165, 1.54) is 6.33 Å². The number of carbonyl (C=O) groups is 1. The van der Waals surface area contributed by atoms with Gasteiger partial charge in [0.15, 0.2) is 0 Å². The first-order valence-corrected chi connectivity index (χ1v) is 9.77. The van der Waals surface area contributed by atoms with E-state index in [9.17, 15) is 4.79 Å². The van der Waals surface area contributed by atoms with Crippen LogP contribution in [0.15, 0.2) is 53.5 Å². The van der Waals surface area contributed by atoms with Crippen molar-refractivity contribution in [1.29, 1.82) is 0 Å². The number of aryl methyl sites for hydroxylation is 1. The van der Waals surface area contributed by atoms with E-state index in [1.54, 1.807) is 11.0 Å². The summed E-state index contributed by atoms with van der Waals surface area (Å²) in [4.78, 5) is 18.9. The highest BCUT2D eigenvalue weighted by Gasteiger charge is 2.25. The number of morpholine rings is 1. The molecule has 1 fully saturated rings. The van der Waals surface area contributed by atoms with Gasteiger partial charge < -0.3 is 14.5 Å². The van der Waals surface area contributed by atoms with Gasteiger partial charge in [-0.1, -0.05) is 12.1 Å². The number of ether oxygens (including phenoxy) is 1. The van der Waals surface area contributed by atoms with Gasteiger partial charge in [0.25, 0.3) is 5.91 Å². The summed E-state index contributed by atoms with van der Waals surface area (Å²) in [6.07, 6.45) is 3.18. The molecular formula is C21H25N5O3. The van der Waals surface area contributed by atoms with Crippen molar-refractivity contribution >= 4 is 5.91 Å². The third-order valence-electron chi connectivity index (χ3n) is 5.06. The fourth-order valence-corrected chi connectivity index (χ4v) is 3.49. The molecule has 4 rings (SSSR count). The van der Waals surface area contributed by atoms with E-state index >= 15 is 0 Å². The van der Waals surface area contributed by atoms with Gasteiger partial charge in [0.1, 0.15) is 24.2 Å². The Morgan fingerprint density at radius 1 is 1.17 bits per heavy atom. The summed E-state index contributed by atoms with van der Waals surface area (Å²) in [5.74, 6) is 1.64. The maximum Gasteiger partial charge on any atom is 0.251 e. The molecular weight excluding hydrogens is 370 g/mol. The van der Waals surface area contributed by atoms with Crippen LogP contribution in [0, 0.1) is 6.92 Å². The Bertz CT molecular complexity index is 914. The van der Waals surface area contributed by atoms with E-state index < -0.39 is 0 Å². The number of aromatic nitrogens is 3. The molecule has 1 unspecified atom stereocenters. The van der Waals surface area contributed by atoms with E-state index in [-0.39, 0.29) is 11.9 Å². The maximum absolute atomic E-state index is 12.7. The quantitative estimate of drug-likeness (QED) is 0.659. The number of rotatable bonds is 7. The highest BCUT2D eigenvalue weighted by molar-refractivity contribution is 5.94. The molecule has 1 atom stereocenters. The zero-order valence-electron chi connectivity index (χ0n) is 16.5. The molecule has 1 amide bonds. The predicted molar refractivity (Wildman–Crippen MR) is 106 cm³/mol. The summed E-state index contributed by atoms with van der Waals surface area (Å²) in [6.45, 7) is 6.05. The molecule has 1 N–H and O–H groups in total. The van der Waals surface area contributed by atoms with Gasteiger partial charge in [0.05, 0.1) is 25.8 Å². The highest BCUT2D eigenvalue weighted by atomic mass is 16.5. The minimum atomic E-state index is -0.0983. The standard InChI is InChI=1S/C21H25N5O3/c1-16-2-7-20(29-16)19(25-8-10-28-11-9-25)12-23-21(27)18-5-3-17(4-6-18)13-26-15-22-14-24-26/h2-7,14-15,19H,8-13H2,1H3,(H,23,27). The molecule has 2 aromatic heterocycles. The van der Waals surface area contributed by atoms with Gasteiger partial charge in [-0.05, 0) is 36.8 Å². The number of furan rings is 1. The van der Waals surface area contributed by atoms with Crippen molar-refractivity contribution in [1.82, 2.24) is 25.0 Å². The molecule has 0 radical (unpaired) electrons. The highest BCUT2D eigenvalue weighted by Crippen LogP contribution is 2.23. The van der Waals surface area contributed by atoms with Crippen LogP contribution in [0.2, 0.25) is 0 Å². The van der Waals surface area contributed by atoms with Crippen LogP contribution in [-0.2, 0) is 11.3 Å². The van der Waals surface area contributed by atoms with Crippen molar-refractivity contribution in [3.05, 3.63) is 71.7 Å². The Labute approximate surface area is 169 Å². The van der Waals surface area contributed by atoms with Crippen LogP contribution in [0.25, 0.3) is 0 Å². The number of nitrogens with zero attached hydrogens (tertiary/aromatic N) is 4. The molecule has 0 bridgehead atoms. The molecule has 29 heavy (non-hydrogen) atoms. The van der Waals surface area contributed by atoms with Crippen molar-refractivity contribution in [3.8, 4) is 0 Å². The molecule has 0 aliphatic carbocycles. The van der Waals surface area contributed by atoms with Gasteiger partial charge in [0.2, 0.25) is 0 Å². The number of hydrogen-bond acceptors (Lipinski definition) is 6.